The van der Waals surface area contributed by atoms with Gasteiger partial charge >= 0.3 is 0 Å². The van der Waals surface area contributed by atoms with Crippen LogP contribution >= 0.6 is 11.3 Å². The standard InChI is InChI=1S/C20H22N2S/c1-13(2)16-6-8-17(9-7-16)20-14(3)23-19(22-20)12-15-4-10-18(21)11-5-15/h4-11,13H,12,21H2,1-3H3. The fraction of sp³-hybridized carbons (Fsp3) is 0.250. The van der Waals surface area contributed by atoms with Gasteiger partial charge in [-0.3, -0.25) is 0 Å². The first-order valence-corrected chi connectivity index (χ1v) is 8.75. The van der Waals surface area contributed by atoms with E-state index in [1.54, 1.807) is 11.3 Å². The number of aryl methyl sites for hydroxylation is 1. The summed E-state index contributed by atoms with van der Waals surface area (Å²) in [5.74, 6) is 0.557. The Labute approximate surface area is 142 Å². The fourth-order valence-corrected chi connectivity index (χ4v) is 3.62. The van der Waals surface area contributed by atoms with E-state index in [-0.39, 0.29) is 0 Å². The van der Waals surface area contributed by atoms with Gasteiger partial charge in [-0.05, 0) is 36.1 Å². The zero-order valence-corrected chi connectivity index (χ0v) is 14.7. The molecule has 0 bridgehead atoms. The molecule has 1 heterocycles. The lowest BCUT2D eigenvalue weighted by Crippen LogP contribution is -1.90. The number of hydrogen-bond donors (Lipinski definition) is 1. The summed E-state index contributed by atoms with van der Waals surface area (Å²) < 4.78 is 0. The van der Waals surface area contributed by atoms with Gasteiger partial charge in [-0.15, -0.1) is 11.3 Å². The third-order valence-corrected chi connectivity index (χ3v) is 5.00. The fourth-order valence-electron chi connectivity index (χ4n) is 2.63. The second-order valence-corrected chi connectivity index (χ2v) is 7.50. The number of aromatic nitrogens is 1. The summed E-state index contributed by atoms with van der Waals surface area (Å²) in [5, 5.41) is 1.15. The van der Waals surface area contributed by atoms with E-state index in [9.17, 15) is 0 Å². The summed E-state index contributed by atoms with van der Waals surface area (Å²) in [6.07, 6.45) is 0.857. The monoisotopic (exact) mass is 322 g/mol. The topological polar surface area (TPSA) is 38.9 Å². The van der Waals surface area contributed by atoms with Crippen LogP contribution in [-0.4, -0.2) is 4.98 Å². The van der Waals surface area contributed by atoms with Crippen LogP contribution in [0.3, 0.4) is 0 Å². The first-order valence-electron chi connectivity index (χ1n) is 7.94. The molecule has 0 atom stereocenters. The van der Waals surface area contributed by atoms with Crippen molar-refractivity contribution >= 4 is 17.0 Å². The molecule has 118 valence electrons. The van der Waals surface area contributed by atoms with Gasteiger partial charge in [0.25, 0.3) is 0 Å². The minimum Gasteiger partial charge on any atom is -0.399 e. The molecule has 0 saturated heterocycles. The summed E-state index contributed by atoms with van der Waals surface area (Å²) in [5.41, 5.74) is 11.5. The Morgan fingerprint density at radius 3 is 2.26 bits per heavy atom. The van der Waals surface area contributed by atoms with E-state index in [1.165, 1.54) is 21.6 Å². The molecule has 0 spiro atoms. The predicted octanol–water partition coefficient (Wildman–Crippen LogP) is 5.41. The Bertz CT molecular complexity index is 784. The van der Waals surface area contributed by atoms with Crippen LogP contribution in [0.15, 0.2) is 48.5 Å². The number of rotatable bonds is 4. The molecule has 2 aromatic carbocycles. The molecule has 1 aromatic heterocycles. The summed E-state index contributed by atoms with van der Waals surface area (Å²) in [6.45, 7) is 6.58. The highest BCUT2D eigenvalue weighted by atomic mass is 32.1. The second kappa shape index (κ2) is 6.55. The van der Waals surface area contributed by atoms with Gasteiger partial charge < -0.3 is 5.73 Å². The van der Waals surface area contributed by atoms with Crippen LogP contribution in [0.2, 0.25) is 0 Å². The maximum atomic E-state index is 5.74. The van der Waals surface area contributed by atoms with Crippen molar-refractivity contribution in [2.75, 3.05) is 5.73 Å². The lowest BCUT2D eigenvalue weighted by atomic mass is 10.0. The van der Waals surface area contributed by atoms with E-state index in [1.807, 2.05) is 12.1 Å². The summed E-state index contributed by atoms with van der Waals surface area (Å²) >= 11 is 1.78. The second-order valence-electron chi connectivity index (χ2n) is 6.21. The smallest absolute Gasteiger partial charge is 0.0979 e. The largest absolute Gasteiger partial charge is 0.399 e. The number of nitrogen functional groups attached to an aromatic ring is 1. The maximum Gasteiger partial charge on any atom is 0.0979 e. The van der Waals surface area contributed by atoms with E-state index >= 15 is 0 Å². The van der Waals surface area contributed by atoms with Gasteiger partial charge in [0.05, 0.1) is 10.7 Å². The van der Waals surface area contributed by atoms with Crippen LogP contribution in [0.1, 0.15) is 40.8 Å². The molecule has 3 rings (SSSR count). The van der Waals surface area contributed by atoms with Crippen LogP contribution < -0.4 is 5.73 Å². The minimum absolute atomic E-state index is 0.557. The van der Waals surface area contributed by atoms with Crippen molar-refractivity contribution in [2.45, 2.75) is 33.1 Å². The average molecular weight is 322 g/mol. The third kappa shape index (κ3) is 3.62. The normalized spacial score (nSPS) is 11.1. The molecule has 0 unspecified atom stereocenters. The van der Waals surface area contributed by atoms with E-state index < -0.39 is 0 Å². The summed E-state index contributed by atoms with van der Waals surface area (Å²) in [7, 11) is 0. The molecular weight excluding hydrogens is 300 g/mol. The van der Waals surface area contributed by atoms with Gasteiger partial charge in [0.15, 0.2) is 0 Å². The molecule has 2 N–H and O–H groups in total. The molecule has 0 saturated carbocycles. The highest BCUT2D eigenvalue weighted by Gasteiger charge is 2.11. The predicted molar refractivity (Wildman–Crippen MR) is 100 cm³/mol. The van der Waals surface area contributed by atoms with E-state index in [0.29, 0.717) is 5.92 Å². The molecule has 0 radical (unpaired) electrons. The number of nitrogens with two attached hydrogens (primary N) is 1. The molecule has 0 amide bonds. The van der Waals surface area contributed by atoms with Crippen molar-refractivity contribution in [3.8, 4) is 11.3 Å². The van der Waals surface area contributed by atoms with Crippen LogP contribution in [-0.2, 0) is 6.42 Å². The van der Waals surface area contributed by atoms with Gasteiger partial charge in [-0.2, -0.15) is 0 Å². The molecule has 3 heteroatoms. The lowest BCUT2D eigenvalue weighted by Gasteiger charge is -2.06. The molecule has 23 heavy (non-hydrogen) atoms. The molecular formula is C20H22N2S. The number of thiazole rings is 1. The van der Waals surface area contributed by atoms with Crippen molar-refractivity contribution in [3.05, 3.63) is 69.5 Å². The first-order chi connectivity index (χ1) is 11.0. The summed E-state index contributed by atoms with van der Waals surface area (Å²) in [6, 6.07) is 16.8. The van der Waals surface area contributed by atoms with Gasteiger partial charge in [-0.1, -0.05) is 50.2 Å². The summed E-state index contributed by atoms with van der Waals surface area (Å²) in [4.78, 5) is 6.13. The molecule has 3 aromatic rings. The number of nitrogens with zero attached hydrogens (tertiary/aromatic N) is 1. The number of hydrogen-bond acceptors (Lipinski definition) is 3. The molecule has 0 aliphatic heterocycles. The highest BCUT2D eigenvalue weighted by molar-refractivity contribution is 7.12. The average Bonchev–Trinajstić information content (AvgIpc) is 2.90. The Morgan fingerprint density at radius 2 is 1.65 bits per heavy atom. The quantitative estimate of drug-likeness (QED) is 0.652. The Morgan fingerprint density at radius 1 is 1.00 bits per heavy atom. The van der Waals surface area contributed by atoms with Crippen LogP contribution in [0.4, 0.5) is 5.69 Å². The molecule has 0 fully saturated rings. The minimum atomic E-state index is 0.557. The van der Waals surface area contributed by atoms with Crippen molar-refractivity contribution in [2.24, 2.45) is 0 Å². The van der Waals surface area contributed by atoms with Crippen molar-refractivity contribution in [3.63, 3.8) is 0 Å². The van der Waals surface area contributed by atoms with E-state index in [2.05, 4.69) is 57.2 Å². The van der Waals surface area contributed by atoms with Crippen molar-refractivity contribution in [1.82, 2.24) is 4.98 Å². The van der Waals surface area contributed by atoms with Gasteiger partial charge in [0.1, 0.15) is 0 Å². The van der Waals surface area contributed by atoms with Gasteiger partial charge in [0.2, 0.25) is 0 Å². The van der Waals surface area contributed by atoms with E-state index in [0.717, 1.165) is 22.8 Å². The Kier molecular flexibility index (Phi) is 4.49. The molecule has 0 aliphatic rings. The highest BCUT2D eigenvalue weighted by Crippen LogP contribution is 2.29. The van der Waals surface area contributed by atoms with Crippen molar-refractivity contribution in [1.29, 1.82) is 0 Å². The first kappa shape index (κ1) is 15.8. The van der Waals surface area contributed by atoms with Crippen LogP contribution in [0, 0.1) is 6.92 Å². The van der Waals surface area contributed by atoms with Crippen LogP contribution in [0.5, 0.6) is 0 Å². The Hall–Kier alpha value is -2.13. The lowest BCUT2D eigenvalue weighted by molar-refractivity contribution is 0.867. The third-order valence-electron chi connectivity index (χ3n) is 4.03. The zero-order chi connectivity index (χ0) is 16.4. The zero-order valence-electron chi connectivity index (χ0n) is 13.8. The maximum absolute atomic E-state index is 5.74. The Balaban J connectivity index is 1.84. The number of benzene rings is 2. The van der Waals surface area contributed by atoms with Crippen molar-refractivity contribution < 1.29 is 0 Å². The van der Waals surface area contributed by atoms with Gasteiger partial charge in [0, 0.05) is 22.5 Å². The van der Waals surface area contributed by atoms with Gasteiger partial charge in [-0.25, -0.2) is 4.98 Å². The molecule has 2 nitrogen and oxygen atoms in total. The molecule has 0 aliphatic carbocycles. The SMILES string of the molecule is Cc1sc(Cc2ccc(N)cc2)nc1-c1ccc(C(C)C)cc1. The van der Waals surface area contributed by atoms with E-state index in [4.69, 9.17) is 10.7 Å². The van der Waals surface area contributed by atoms with Crippen LogP contribution in [0.25, 0.3) is 11.3 Å². The number of anilines is 1.